The number of hydrogen-bond acceptors (Lipinski definition) is 3. The highest BCUT2D eigenvalue weighted by atomic mass is 79.9. The maximum Gasteiger partial charge on any atom is 0.144 e. The zero-order chi connectivity index (χ0) is 12.7. The molecule has 0 spiro atoms. The lowest BCUT2D eigenvalue weighted by Gasteiger charge is -2.11. The Morgan fingerprint density at radius 3 is 2.65 bits per heavy atom. The summed E-state index contributed by atoms with van der Waals surface area (Å²) in [6.45, 7) is 0.968. The molecule has 1 aromatic carbocycles. The minimum atomic E-state index is 0.772. The quantitative estimate of drug-likeness (QED) is 0.819. The topological polar surface area (TPSA) is 30.5 Å². The van der Waals surface area contributed by atoms with Crippen LogP contribution in [0.1, 0.15) is 12.0 Å². The lowest BCUT2D eigenvalue weighted by molar-refractivity contribution is 0.389. The Labute approximate surface area is 111 Å². The number of nitrogens with one attached hydrogen (secondary N) is 1. The van der Waals surface area contributed by atoms with Crippen LogP contribution in [-0.2, 0) is 0 Å². The van der Waals surface area contributed by atoms with Gasteiger partial charge in [-0.25, -0.2) is 0 Å². The number of rotatable bonds is 6. The molecular formula is C13H18BrNO2. The Morgan fingerprint density at radius 2 is 2.06 bits per heavy atom. The average molecular weight is 300 g/mol. The van der Waals surface area contributed by atoms with Gasteiger partial charge < -0.3 is 14.8 Å². The van der Waals surface area contributed by atoms with Crippen LogP contribution in [0.4, 0.5) is 0 Å². The van der Waals surface area contributed by atoms with Crippen LogP contribution in [0.2, 0.25) is 0 Å². The monoisotopic (exact) mass is 299 g/mol. The molecule has 1 N–H and O–H groups in total. The van der Waals surface area contributed by atoms with E-state index in [1.165, 1.54) is 0 Å². The Morgan fingerprint density at radius 1 is 1.29 bits per heavy atom. The van der Waals surface area contributed by atoms with Gasteiger partial charge in [0.15, 0.2) is 0 Å². The molecule has 0 aliphatic carbocycles. The third-order valence-corrected chi connectivity index (χ3v) is 3.13. The Balaban J connectivity index is 2.92. The fourth-order valence-corrected chi connectivity index (χ4v) is 2.17. The van der Waals surface area contributed by atoms with E-state index in [2.05, 4.69) is 33.4 Å². The molecule has 0 heterocycles. The van der Waals surface area contributed by atoms with E-state index >= 15 is 0 Å². The van der Waals surface area contributed by atoms with Gasteiger partial charge in [-0.3, -0.25) is 0 Å². The van der Waals surface area contributed by atoms with E-state index in [0.29, 0.717) is 0 Å². The first kappa shape index (κ1) is 14.1. The molecule has 0 radical (unpaired) electrons. The number of hydrogen-bond donors (Lipinski definition) is 1. The summed E-state index contributed by atoms with van der Waals surface area (Å²) >= 11 is 3.48. The molecule has 0 unspecified atom stereocenters. The van der Waals surface area contributed by atoms with Crippen LogP contribution in [-0.4, -0.2) is 27.8 Å². The molecule has 0 saturated carbocycles. The first-order chi connectivity index (χ1) is 8.24. The zero-order valence-electron chi connectivity index (χ0n) is 10.4. The summed E-state index contributed by atoms with van der Waals surface area (Å²) in [7, 11) is 5.24. The molecule has 0 atom stereocenters. The summed E-state index contributed by atoms with van der Waals surface area (Å²) in [5.74, 6) is 1.57. The van der Waals surface area contributed by atoms with Crippen LogP contribution >= 0.6 is 15.9 Å². The zero-order valence-corrected chi connectivity index (χ0v) is 12.0. The number of methoxy groups -OCH3 is 2. The lowest BCUT2D eigenvalue weighted by atomic mass is 10.1. The van der Waals surface area contributed by atoms with Gasteiger partial charge in [0.05, 0.1) is 14.2 Å². The number of ether oxygens (including phenoxy) is 2. The molecule has 0 aliphatic rings. The van der Waals surface area contributed by atoms with E-state index in [1.807, 2.05) is 19.2 Å². The molecule has 0 aromatic heterocycles. The molecule has 0 fully saturated rings. The van der Waals surface area contributed by atoms with Gasteiger partial charge in [-0.15, -0.1) is 0 Å². The third kappa shape index (κ3) is 3.75. The van der Waals surface area contributed by atoms with Crippen LogP contribution in [0.15, 0.2) is 22.7 Å². The molecule has 94 valence electrons. The second-order valence-corrected chi connectivity index (χ2v) is 4.29. The van der Waals surface area contributed by atoms with Gasteiger partial charge in [-0.1, -0.05) is 12.2 Å². The first-order valence-electron chi connectivity index (χ1n) is 5.46. The first-order valence-corrected chi connectivity index (χ1v) is 6.25. The largest absolute Gasteiger partial charge is 0.495 e. The summed E-state index contributed by atoms with van der Waals surface area (Å²) in [6.07, 6.45) is 5.16. The second-order valence-electron chi connectivity index (χ2n) is 3.50. The standard InChI is InChI=1S/C13H18BrNO2/c1-15-9-5-4-6-10-7-8-11(16-2)12(14)13(10)17-3/h4,6-8,15H,5,9H2,1-3H3/b6-4+. The van der Waals surface area contributed by atoms with E-state index in [-0.39, 0.29) is 0 Å². The summed E-state index contributed by atoms with van der Waals surface area (Å²) in [4.78, 5) is 0. The molecule has 1 aromatic rings. The van der Waals surface area contributed by atoms with Crippen molar-refractivity contribution in [1.82, 2.24) is 5.32 Å². The van der Waals surface area contributed by atoms with Crippen LogP contribution < -0.4 is 14.8 Å². The van der Waals surface area contributed by atoms with Crippen molar-refractivity contribution in [3.05, 3.63) is 28.2 Å². The van der Waals surface area contributed by atoms with Crippen LogP contribution in [0.3, 0.4) is 0 Å². The van der Waals surface area contributed by atoms with Gasteiger partial charge in [-0.2, -0.15) is 0 Å². The van der Waals surface area contributed by atoms with Crippen molar-refractivity contribution in [2.45, 2.75) is 6.42 Å². The smallest absolute Gasteiger partial charge is 0.144 e. The number of benzene rings is 1. The summed E-state index contributed by atoms with van der Waals surface area (Å²) < 4.78 is 11.5. The molecule has 0 saturated heterocycles. The molecular weight excluding hydrogens is 282 g/mol. The molecule has 3 nitrogen and oxygen atoms in total. The fourth-order valence-electron chi connectivity index (χ4n) is 1.49. The average Bonchev–Trinajstić information content (AvgIpc) is 2.35. The van der Waals surface area contributed by atoms with Crippen molar-refractivity contribution in [1.29, 1.82) is 0 Å². The normalized spacial score (nSPS) is 10.8. The van der Waals surface area contributed by atoms with Gasteiger partial charge in [0.2, 0.25) is 0 Å². The van der Waals surface area contributed by atoms with Crippen molar-refractivity contribution in [3.63, 3.8) is 0 Å². The highest BCUT2D eigenvalue weighted by Gasteiger charge is 2.10. The second kappa shape index (κ2) is 7.35. The van der Waals surface area contributed by atoms with Crippen LogP contribution in [0.5, 0.6) is 11.5 Å². The van der Waals surface area contributed by atoms with E-state index < -0.39 is 0 Å². The number of halogens is 1. The van der Waals surface area contributed by atoms with Crippen molar-refractivity contribution in [2.75, 3.05) is 27.8 Å². The summed E-state index contributed by atoms with van der Waals surface area (Å²) in [5.41, 5.74) is 1.04. The van der Waals surface area contributed by atoms with Crippen LogP contribution in [0, 0.1) is 0 Å². The SMILES string of the molecule is CNCC/C=C/c1ccc(OC)c(Br)c1OC. The lowest BCUT2D eigenvalue weighted by Crippen LogP contribution is -2.05. The minimum absolute atomic E-state index is 0.772. The molecule has 0 amide bonds. The molecule has 17 heavy (non-hydrogen) atoms. The van der Waals surface area contributed by atoms with Crippen molar-refractivity contribution >= 4 is 22.0 Å². The van der Waals surface area contributed by atoms with Crippen molar-refractivity contribution in [2.24, 2.45) is 0 Å². The predicted molar refractivity (Wildman–Crippen MR) is 74.8 cm³/mol. The van der Waals surface area contributed by atoms with Gasteiger partial charge in [0, 0.05) is 5.56 Å². The van der Waals surface area contributed by atoms with E-state index in [0.717, 1.165) is 34.5 Å². The van der Waals surface area contributed by atoms with Gasteiger partial charge in [0.25, 0.3) is 0 Å². The van der Waals surface area contributed by atoms with E-state index in [1.54, 1.807) is 14.2 Å². The predicted octanol–water partition coefficient (Wildman–Crippen LogP) is 3.09. The maximum atomic E-state index is 5.38. The maximum absolute atomic E-state index is 5.38. The molecule has 0 aliphatic heterocycles. The van der Waals surface area contributed by atoms with Gasteiger partial charge in [-0.05, 0) is 48.1 Å². The van der Waals surface area contributed by atoms with Crippen LogP contribution in [0.25, 0.3) is 6.08 Å². The highest BCUT2D eigenvalue weighted by Crippen LogP contribution is 2.37. The van der Waals surface area contributed by atoms with Crippen molar-refractivity contribution in [3.8, 4) is 11.5 Å². The van der Waals surface area contributed by atoms with E-state index in [4.69, 9.17) is 9.47 Å². The molecule has 4 heteroatoms. The fraction of sp³-hybridized carbons (Fsp3) is 0.385. The van der Waals surface area contributed by atoms with Gasteiger partial charge in [0.1, 0.15) is 16.0 Å². The summed E-state index contributed by atoms with van der Waals surface area (Å²) in [5, 5.41) is 3.10. The third-order valence-electron chi connectivity index (χ3n) is 2.37. The highest BCUT2D eigenvalue weighted by molar-refractivity contribution is 9.10. The Hall–Kier alpha value is -1.00. The van der Waals surface area contributed by atoms with E-state index in [9.17, 15) is 0 Å². The minimum Gasteiger partial charge on any atom is -0.495 e. The molecule has 1 rings (SSSR count). The Kier molecular flexibility index (Phi) is 6.08. The molecule has 0 bridgehead atoms. The van der Waals surface area contributed by atoms with Gasteiger partial charge >= 0.3 is 0 Å². The van der Waals surface area contributed by atoms with Crippen molar-refractivity contribution < 1.29 is 9.47 Å². The Bertz CT molecular complexity index is 391. The summed E-state index contributed by atoms with van der Waals surface area (Å²) in [6, 6.07) is 3.91.